The number of hydrogen-bond acceptors (Lipinski definition) is 5. The molecule has 1 saturated carbocycles. The van der Waals surface area contributed by atoms with Crippen LogP contribution in [0.15, 0.2) is 20.0 Å². The summed E-state index contributed by atoms with van der Waals surface area (Å²) in [4.78, 5) is 11.7. The molecule has 0 bridgehead atoms. The third-order valence-corrected chi connectivity index (χ3v) is 5.01. The molecule has 112 valence electrons. The Morgan fingerprint density at radius 2 is 2.25 bits per heavy atom. The molecule has 2 rings (SSSR count). The highest BCUT2D eigenvalue weighted by molar-refractivity contribution is 9.10. The summed E-state index contributed by atoms with van der Waals surface area (Å²) >= 11 is 2.93. The summed E-state index contributed by atoms with van der Waals surface area (Å²) in [6, 6.07) is 1.10. The van der Waals surface area contributed by atoms with Crippen LogP contribution >= 0.6 is 15.9 Å². The first kappa shape index (κ1) is 15.5. The molecule has 1 aliphatic rings. The molecule has 1 fully saturated rings. The molecule has 1 aliphatic carbocycles. The van der Waals surface area contributed by atoms with Crippen LogP contribution < -0.4 is 10.5 Å². The fourth-order valence-electron chi connectivity index (χ4n) is 2.20. The summed E-state index contributed by atoms with van der Waals surface area (Å²) in [5.74, 6) is -0.566. The summed E-state index contributed by atoms with van der Waals surface area (Å²) in [5.41, 5.74) is 0. The topological polar surface area (TPSA) is 112 Å². The van der Waals surface area contributed by atoms with Gasteiger partial charge in [0, 0.05) is 19.2 Å². The molecular weight excluding hydrogens is 352 g/mol. The fraction of sp³-hybridized carbons (Fsp3) is 0.545. The molecule has 1 aromatic rings. The molecule has 0 radical (unpaired) electrons. The Bertz CT molecular complexity index is 612. The van der Waals surface area contributed by atoms with E-state index in [0.29, 0.717) is 0 Å². The van der Waals surface area contributed by atoms with Gasteiger partial charge in [0.2, 0.25) is 10.0 Å². The van der Waals surface area contributed by atoms with Gasteiger partial charge >= 0.3 is 0 Å². The Labute approximate surface area is 125 Å². The van der Waals surface area contributed by atoms with Gasteiger partial charge in [-0.3, -0.25) is 4.79 Å². The maximum Gasteiger partial charge on any atom is 0.287 e. The third-order valence-electron chi connectivity index (χ3n) is 3.24. The van der Waals surface area contributed by atoms with Crippen LogP contribution in [0.2, 0.25) is 0 Å². The van der Waals surface area contributed by atoms with Crippen LogP contribution in [-0.4, -0.2) is 33.6 Å². The van der Waals surface area contributed by atoms with E-state index in [1.54, 1.807) is 7.11 Å². The minimum absolute atomic E-state index is 0.00532. The van der Waals surface area contributed by atoms with E-state index >= 15 is 0 Å². The molecule has 0 saturated heterocycles. The quantitative estimate of drug-likeness (QED) is 0.824. The summed E-state index contributed by atoms with van der Waals surface area (Å²) in [5, 5.41) is 7.79. The molecule has 0 spiro atoms. The van der Waals surface area contributed by atoms with Crippen molar-refractivity contribution in [1.82, 2.24) is 5.32 Å². The van der Waals surface area contributed by atoms with Gasteiger partial charge in [-0.1, -0.05) is 0 Å². The van der Waals surface area contributed by atoms with Gasteiger partial charge in [-0.05, 0) is 35.2 Å². The van der Waals surface area contributed by atoms with E-state index < -0.39 is 15.9 Å². The average molecular weight is 367 g/mol. The van der Waals surface area contributed by atoms with Crippen LogP contribution in [0.4, 0.5) is 0 Å². The third kappa shape index (κ3) is 3.40. The maximum absolute atomic E-state index is 12.0. The number of primary sulfonamides is 1. The van der Waals surface area contributed by atoms with E-state index in [1.165, 1.54) is 0 Å². The highest BCUT2D eigenvalue weighted by Crippen LogP contribution is 2.26. The van der Waals surface area contributed by atoms with Crippen molar-refractivity contribution >= 4 is 31.9 Å². The molecule has 2 atom stereocenters. The lowest BCUT2D eigenvalue weighted by molar-refractivity contribution is 0.0888. The van der Waals surface area contributed by atoms with Crippen LogP contribution in [-0.2, 0) is 14.8 Å². The van der Waals surface area contributed by atoms with Crippen molar-refractivity contribution in [3.05, 3.63) is 16.5 Å². The van der Waals surface area contributed by atoms with Crippen molar-refractivity contribution in [1.29, 1.82) is 0 Å². The highest BCUT2D eigenvalue weighted by atomic mass is 79.9. The van der Waals surface area contributed by atoms with Gasteiger partial charge in [-0.2, -0.15) is 0 Å². The number of rotatable bonds is 4. The van der Waals surface area contributed by atoms with E-state index in [1.807, 2.05) is 0 Å². The Hall–Kier alpha value is -0.900. The number of sulfonamides is 1. The number of carbonyl (C=O) groups is 1. The minimum atomic E-state index is -3.93. The van der Waals surface area contributed by atoms with Crippen molar-refractivity contribution in [3.8, 4) is 0 Å². The lowest BCUT2D eigenvalue weighted by atomic mass is 10.2. The SMILES string of the molecule is COC1CCC(NC(=O)c2cc(S(N)(=O)=O)c(Br)o2)C1. The normalized spacial score (nSPS) is 22.9. The van der Waals surface area contributed by atoms with Crippen LogP contribution in [0.5, 0.6) is 0 Å². The van der Waals surface area contributed by atoms with E-state index in [4.69, 9.17) is 14.3 Å². The van der Waals surface area contributed by atoms with Gasteiger partial charge in [0.15, 0.2) is 10.4 Å². The van der Waals surface area contributed by atoms with Gasteiger partial charge < -0.3 is 14.5 Å². The molecule has 3 N–H and O–H groups in total. The van der Waals surface area contributed by atoms with Crippen LogP contribution in [0, 0.1) is 0 Å². The molecule has 0 aromatic carbocycles. The molecule has 9 heteroatoms. The standard InChI is InChI=1S/C11H15BrN2O5S/c1-18-7-3-2-6(4-7)14-11(15)8-5-9(10(12)19-8)20(13,16)17/h5-7H,2-4H2,1H3,(H,14,15)(H2,13,16,17). The molecule has 1 aromatic heterocycles. The van der Waals surface area contributed by atoms with Gasteiger partial charge in [-0.25, -0.2) is 13.6 Å². The fourth-order valence-corrected chi connectivity index (χ4v) is 3.70. The Morgan fingerprint density at radius 3 is 2.75 bits per heavy atom. The molecule has 7 nitrogen and oxygen atoms in total. The lowest BCUT2D eigenvalue weighted by Crippen LogP contribution is -2.33. The predicted molar refractivity (Wildman–Crippen MR) is 73.7 cm³/mol. The van der Waals surface area contributed by atoms with Crippen LogP contribution in [0.3, 0.4) is 0 Å². The van der Waals surface area contributed by atoms with E-state index in [0.717, 1.165) is 25.3 Å². The molecule has 20 heavy (non-hydrogen) atoms. The second-order valence-electron chi connectivity index (χ2n) is 4.63. The van der Waals surface area contributed by atoms with Crippen LogP contribution in [0.1, 0.15) is 29.8 Å². The molecule has 1 amide bonds. The van der Waals surface area contributed by atoms with Crippen LogP contribution in [0.25, 0.3) is 0 Å². The smallest absolute Gasteiger partial charge is 0.287 e. The van der Waals surface area contributed by atoms with Gasteiger partial charge in [0.1, 0.15) is 4.90 Å². The first-order chi connectivity index (χ1) is 9.31. The molecule has 2 unspecified atom stereocenters. The monoisotopic (exact) mass is 366 g/mol. The second-order valence-corrected chi connectivity index (χ2v) is 6.88. The zero-order chi connectivity index (χ0) is 14.9. The number of furan rings is 1. The van der Waals surface area contributed by atoms with Gasteiger partial charge in [0.05, 0.1) is 6.10 Å². The zero-order valence-corrected chi connectivity index (χ0v) is 13.2. The molecular formula is C11H15BrN2O5S. The van der Waals surface area contributed by atoms with E-state index in [-0.39, 0.29) is 27.5 Å². The zero-order valence-electron chi connectivity index (χ0n) is 10.8. The van der Waals surface area contributed by atoms with Crippen molar-refractivity contribution < 1.29 is 22.4 Å². The number of hydrogen-bond donors (Lipinski definition) is 2. The number of carbonyl (C=O) groups excluding carboxylic acids is 1. The largest absolute Gasteiger partial charge is 0.443 e. The van der Waals surface area contributed by atoms with Crippen molar-refractivity contribution in [2.45, 2.75) is 36.3 Å². The number of halogens is 1. The Kier molecular flexibility index (Phi) is 4.52. The summed E-state index contributed by atoms with van der Waals surface area (Å²) in [7, 11) is -2.29. The van der Waals surface area contributed by atoms with E-state index in [2.05, 4.69) is 21.2 Å². The number of methoxy groups -OCH3 is 1. The first-order valence-electron chi connectivity index (χ1n) is 5.97. The van der Waals surface area contributed by atoms with Crippen molar-refractivity contribution in [2.24, 2.45) is 5.14 Å². The summed E-state index contributed by atoms with van der Waals surface area (Å²) in [6.45, 7) is 0. The van der Waals surface area contributed by atoms with Gasteiger partial charge in [0.25, 0.3) is 5.91 Å². The Morgan fingerprint density at radius 1 is 1.55 bits per heavy atom. The first-order valence-corrected chi connectivity index (χ1v) is 8.31. The highest BCUT2D eigenvalue weighted by Gasteiger charge is 2.28. The van der Waals surface area contributed by atoms with Gasteiger partial charge in [-0.15, -0.1) is 0 Å². The summed E-state index contributed by atoms with van der Waals surface area (Å²) in [6.07, 6.45) is 2.56. The molecule has 0 aliphatic heterocycles. The van der Waals surface area contributed by atoms with E-state index in [9.17, 15) is 13.2 Å². The average Bonchev–Trinajstić information content (AvgIpc) is 2.94. The number of ether oxygens (including phenoxy) is 1. The lowest BCUT2D eigenvalue weighted by Gasteiger charge is -2.11. The molecule has 1 heterocycles. The second kappa shape index (κ2) is 5.84. The minimum Gasteiger partial charge on any atom is -0.443 e. The number of amides is 1. The van der Waals surface area contributed by atoms with Crippen molar-refractivity contribution in [2.75, 3.05) is 7.11 Å². The number of nitrogens with two attached hydrogens (primary N) is 1. The predicted octanol–water partition coefficient (Wildman–Crippen LogP) is 0.987. The number of nitrogens with one attached hydrogen (secondary N) is 1. The van der Waals surface area contributed by atoms with Crippen molar-refractivity contribution in [3.63, 3.8) is 0 Å². The summed E-state index contributed by atoms with van der Waals surface area (Å²) < 4.78 is 32.7. The Balaban J connectivity index is 2.07. The maximum atomic E-state index is 12.0.